The molecule has 0 saturated carbocycles. The molecule has 0 N–H and O–H groups in total. The van der Waals surface area contributed by atoms with E-state index in [4.69, 9.17) is 5.26 Å². The summed E-state index contributed by atoms with van der Waals surface area (Å²) < 4.78 is 29.8. The van der Waals surface area contributed by atoms with E-state index in [9.17, 15) is 8.42 Å². The minimum Gasteiger partial charge on any atom is -0.334 e. The Morgan fingerprint density at radius 3 is 2.83 bits per heavy atom. The first kappa shape index (κ1) is 16.7. The highest BCUT2D eigenvalue weighted by Gasteiger charge is 2.36. The molecule has 126 valence electrons. The summed E-state index contributed by atoms with van der Waals surface area (Å²) in [6, 6.07) is 6.74. The van der Waals surface area contributed by atoms with Crippen molar-refractivity contribution in [1.29, 1.82) is 5.26 Å². The molecule has 1 unspecified atom stereocenters. The van der Waals surface area contributed by atoms with E-state index in [-0.39, 0.29) is 10.9 Å². The van der Waals surface area contributed by atoms with Crippen LogP contribution in [-0.4, -0.2) is 34.9 Å². The molecule has 24 heavy (non-hydrogen) atoms. The Balaban J connectivity index is 1.94. The van der Waals surface area contributed by atoms with Crippen LogP contribution in [0.1, 0.15) is 29.8 Å². The van der Waals surface area contributed by atoms with Gasteiger partial charge in [0.1, 0.15) is 5.82 Å². The van der Waals surface area contributed by atoms with E-state index in [2.05, 4.69) is 4.98 Å². The van der Waals surface area contributed by atoms with E-state index in [1.807, 2.05) is 23.8 Å². The van der Waals surface area contributed by atoms with Crippen molar-refractivity contribution in [1.82, 2.24) is 13.9 Å². The first-order valence-electron chi connectivity index (χ1n) is 7.94. The van der Waals surface area contributed by atoms with Gasteiger partial charge in [0.05, 0.1) is 16.5 Å². The molecule has 6 nitrogen and oxygen atoms in total. The first-order valence-corrected chi connectivity index (χ1v) is 9.38. The Kier molecular flexibility index (Phi) is 4.43. The Morgan fingerprint density at radius 1 is 1.38 bits per heavy atom. The lowest BCUT2D eigenvalue weighted by Crippen LogP contribution is -2.38. The van der Waals surface area contributed by atoms with Crippen LogP contribution in [0, 0.1) is 25.2 Å². The number of nitriles is 1. The molecule has 2 heterocycles. The van der Waals surface area contributed by atoms with Crippen LogP contribution in [0.25, 0.3) is 0 Å². The molecule has 1 aliphatic rings. The summed E-state index contributed by atoms with van der Waals surface area (Å²) in [5.41, 5.74) is 1.03. The minimum atomic E-state index is -3.62. The average molecular weight is 344 g/mol. The highest BCUT2D eigenvalue weighted by Crippen LogP contribution is 2.29. The molecule has 1 aromatic heterocycles. The van der Waals surface area contributed by atoms with E-state index in [0.29, 0.717) is 24.2 Å². The smallest absolute Gasteiger partial charge is 0.243 e. The molecule has 1 aliphatic heterocycles. The molecular formula is C17H20N4O2S. The minimum absolute atomic E-state index is 0.0898. The lowest BCUT2D eigenvalue weighted by Gasteiger charge is -2.25. The van der Waals surface area contributed by atoms with Crippen molar-refractivity contribution in [2.45, 2.75) is 44.2 Å². The number of aryl methyl sites for hydroxylation is 2. The van der Waals surface area contributed by atoms with Crippen LogP contribution >= 0.6 is 0 Å². The van der Waals surface area contributed by atoms with Gasteiger partial charge in [-0.3, -0.25) is 0 Å². The van der Waals surface area contributed by atoms with E-state index in [1.54, 1.807) is 29.6 Å². The molecule has 7 heteroatoms. The number of nitrogens with zero attached hydrogens (tertiary/aromatic N) is 4. The summed E-state index contributed by atoms with van der Waals surface area (Å²) in [6.07, 6.45) is 5.27. The number of hydrogen-bond acceptors (Lipinski definition) is 4. The van der Waals surface area contributed by atoms with Gasteiger partial charge in [0.25, 0.3) is 0 Å². The molecule has 0 amide bonds. The van der Waals surface area contributed by atoms with Crippen molar-refractivity contribution < 1.29 is 8.42 Å². The van der Waals surface area contributed by atoms with Gasteiger partial charge in [-0.25, -0.2) is 13.4 Å². The number of rotatable bonds is 4. The average Bonchev–Trinajstić information content (AvgIpc) is 3.18. The fourth-order valence-corrected chi connectivity index (χ4v) is 5.14. The zero-order valence-corrected chi connectivity index (χ0v) is 14.6. The number of benzene rings is 1. The summed E-state index contributed by atoms with van der Waals surface area (Å²) >= 11 is 0. The van der Waals surface area contributed by atoms with Gasteiger partial charge in [-0.05, 0) is 44.4 Å². The Morgan fingerprint density at radius 2 is 2.17 bits per heavy atom. The molecule has 1 saturated heterocycles. The van der Waals surface area contributed by atoms with Gasteiger partial charge >= 0.3 is 0 Å². The van der Waals surface area contributed by atoms with Gasteiger partial charge in [0.2, 0.25) is 10.0 Å². The molecule has 1 atom stereocenters. The van der Waals surface area contributed by atoms with Crippen LogP contribution in [-0.2, 0) is 16.6 Å². The fourth-order valence-electron chi connectivity index (χ4n) is 3.21. The van der Waals surface area contributed by atoms with Crippen LogP contribution in [0.4, 0.5) is 0 Å². The van der Waals surface area contributed by atoms with Crippen LogP contribution < -0.4 is 0 Å². The van der Waals surface area contributed by atoms with Crippen LogP contribution in [0.3, 0.4) is 0 Å². The highest BCUT2D eigenvalue weighted by molar-refractivity contribution is 7.89. The summed E-state index contributed by atoms with van der Waals surface area (Å²) in [6.45, 7) is 4.78. The Bertz CT molecular complexity index is 896. The van der Waals surface area contributed by atoms with E-state index in [0.717, 1.165) is 18.7 Å². The second-order valence-electron chi connectivity index (χ2n) is 6.13. The third-order valence-corrected chi connectivity index (χ3v) is 6.65. The van der Waals surface area contributed by atoms with Crippen molar-refractivity contribution in [2.75, 3.05) is 6.54 Å². The predicted molar refractivity (Wildman–Crippen MR) is 89.8 cm³/mol. The summed E-state index contributed by atoms with van der Waals surface area (Å²) in [7, 11) is -3.62. The highest BCUT2D eigenvalue weighted by atomic mass is 32.2. The van der Waals surface area contributed by atoms with E-state index < -0.39 is 10.0 Å². The maximum Gasteiger partial charge on any atom is 0.243 e. The van der Waals surface area contributed by atoms with Gasteiger partial charge in [-0.2, -0.15) is 9.57 Å². The molecule has 0 aliphatic carbocycles. The quantitative estimate of drug-likeness (QED) is 0.852. The number of aromatic nitrogens is 2. The third kappa shape index (κ3) is 2.95. The lowest BCUT2D eigenvalue weighted by molar-refractivity contribution is 0.350. The molecule has 1 fully saturated rings. The van der Waals surface area contributed by atoms with Gasteiger partial charge in [-0.15, -0.1) is 0 Å². The first-order chi connectivity index (χ1) is 11.4. The lowest BCUT2D eigenvalue weighted by atomic mass is 10.2. The molecular weight excluding hydrogens is 324 g/mol. The molecule has 0 spiro atoms. The maximum atomic E-state index is 13.1. The van der Waals surface area contributed by atoms with E-state index in [1.165, 1.54) is 6.07 Å². The standard InChI is InChI=1S/C17H20N4O2S/c1-13-5-6-15(11-18)10-17(13)24(22,23)21-8-3-4-16(21)12-20-9-7-19-14(20)2/h5-7,9-10,16H,3-4,8,12H2,1-2H3. The molecule has 2 aromatic rings. The second kappa shape index (κ2) is 6.38. The predicted octanol–water partition coefficient (Wildman–Crippen LogP) is 2.22. The Labute approximate surface area is 142 Å². The van der Waals surface area contributed by atoms with Gasteiger partial charge in [-0.1, -0.05) is 6.07 Å². The van der Waals surface area contributed by atoms with Crippen LogP contribution in [0.15, 0.2) is 35.5 Å². The van der Waals surface area contributed by atoms with Gasteiger partial charge in [0, 0.05) is 31.5 Å². The summed E-state index contributed by atoms with van der Waals surface area (Å²) in [5.74, 6) is 0.877. The zero-order valence-electron chi connectivity index (χ0n) is 13.8. The van der Waals surface area contributed by atoms with E-state index >= 15 is 0 Å². The van der Waals surface area contributed by atoms with Crippen LogP contribution in [0.2, 0.25) is 0 Å². The number of sulfonamides is 1. The zero-order chi connectivity index (χ0) is 17.3. The molecule has 3 rings (SSSR count). The number of imidazole rings is 1. The largest absolute Gasteiger partial charge is 0.334 e. The topological polar surface area (TPSA) is 79.0 Å². The fraction of sp³-hybridized carbons (Fsp3) is 0.412. The Hall–Kier alpha value is -2.17. The van der Waals surface area contributed by atoms with Crippen molar-refractivity contribution in [2.24, 2.45) is 0 Å². The molecule has 0 radical (unpaired) electrons. The van der Waals surface area contributed by atoms with Crippen molar-refractivity contribution in [3.05, 3.63) is 47.5 Å². The summed E-state index contributed by atoms with van der Waals surface area (Å²) in [5, 5.41) is 9.07. The normalized spacial score (nSPS) is 18.6. The number of hydrogen-bond donors (Lipinski definition) is 0. The van der Waals surface area contributed by atoms with Crippen molar-refractivity contribution in [3.8, 4) is 6.07 Å². The maximum absolute atomic E-state index is 13.1. The van der Waals surface area contributed by atoms with Crippen molar-refractivity contribution in [3.63, 3.8) is 0 Å². The van der Waals surface area contributed by atoms with Crippen LogP contribution in [0.5, 0.6) is 0 Å². The summed E-state index contributed by atoms with van der Waals surface area (Å²) in [4.78, 5) is 4.43. The van der Waals surface area contributed by atoms with Gasteiger partial charge in [0.15, 0.2) is 0 Å². The molecule has 1 aromatic carbocycles. The monoisotopic (exact) mass is 344 g/mol. The molecule has 0 bridgehead atoms. The second-order valence-corrected chi connectivity index (χ2v) is 7.99. The third-order valence-electron chi connectivity index (χ3n) is 4.56. The van der Waals surface area contributed by atoms with Crippen molar-refractivity contribution >= 4 is 10.0 Å². The SMILES string of the molecule is Cc1ccc(C#N)cc1S(=O)(=O)N1CCCC1Cn1ccnc1C. The van der Waals surface area contributed by atoms with Gasteiger partial charge < -0.3 is 4.57 Å².